The van der Waals surface area contributed by atoms with Crippen LogP contribution in [0.4, 0.5) is 0 Å². The van der Waals surface area contributed by atoms with Crippen LogP contribution in [0.3, 0.4) is 0 Å². The Kier molecular flexibility index (Phi) is 5.24. The monoisotopic (exact) mass is 362 g/mol. The summed E-state index contributed by atoms with van der Waals surface area (Å²) < 4.78 is 38.3. The summed E-state index contributed by atoms with van der Waals surface area (Å²) in [5.41, 5.74) is 0.935. The Labute approximate surface area is 148 Å². The molecule has 25 heavy (non-hydrogen) atoms. The summed E-state index contributed by atoms with van der Waals surface area (Å²) in [6, 6.07) is 10.5. The van der Waals surface area contributed by atoms with Gasteiger partial charge in [-0.1, -0.05) is 12.1 Å². The molecule has 134 valence electrons. The number of nitrogens with zero attached hydrogens (tertiary/aromatic N) is 2. The first-order chi connectivity index (χ1) is 12.0. The molecule has 0 spiro atoms. The highest BCUT2D eigenvalue weighted by molar-refractivity contribution is 7.89. The van der Waals surface area contributed by atoms with Gasteiger partial charge in [-0.05, 0) is 44.0 Å². The van der Waals surface area contributed by atoms with Crippen molar-refractivity contribution in [2.45, 2.75) is 30.8 Å². The quantitative estimate of drug-likeness (QED) is 0.818. The lowest BCUT2D eigenvalue weighted by molar-refractivity contribution is 0.134. The smallest absolute Gasteiger partial charge is 0.246 e. The number of piperidine rings is 1. The first kappa shape index (κ1) is 17.7. The molecule has 0 atom stereocenters. The van der Waals surface area contributed by atoms with Crippen molar-refractivity contribution in [2.24, 2.45) is 0 Å². The van der Waals surface area contributed by atoms with Gasteiger partial charge in [0.25, 0.3) is 0 Å². The van der Waals surface area contributed by atoms with E-state index in [1.807, 2.05) is 19.1 Å². The van der Waals surface area contributed by atoms with E-state index in [-0.39, 0.29) is 11.0 Å². The van der Waals surface area contributed by atoms with E-state index in [0.717, 1.165) is 11.4 Å². The summed E-state index contributed by atoms with van der Waals surface area (Å²) >= 11 is 0. The maximum absolute atomic E-state index is 12.9. The zero-order valence-corrected chi connectivity index (χ0v) is 15.2. The Morgan fingerprint density at radius 1 is 1.12 bits per heavy atom. The average molecular weight is 362 g/mol. The van der Waals surface area contributed by atoms with Gasteiger partial charge in [-0.3, -0.25) is 4.98 Å². The van der Waals surface area contributed by atoms with E-state index >= 15 is 0 Å². The molecule has 2 heterocycles. The van der Waals surface area contributed by atoms with Crippen LogP contribution in [0.25, 0.3) is 0 Å². The van der Waals surface area contributed by atoms with Crippen molar-refractivity contribution in [1.29, 1.82) is 0 Å². The maximum atomic E-state index is 12.9. The third-order valence-corrected chi connectivity index (χ3v) is 6.21. The number of para-hydroxylation sites is 1. The van der Waals surface area contributed by atoms with E-state index in [0.29, 0.717) is 31.7 Å². The Morgan fingerprint density at radius 3 is 2.48 bits per heavy atom. The van der Waals surface area contributed by atoms with Gasteiger partial charge in [-0.25, -0.2) is 8.42 Å². The fraction of sp³-hybridized carbons (Fsp3) is 0.389. The summed E-state index contributed by atoms with van der Waals surface area (Å²) in [5.74, 6) is 1.09. The van der Waals surface area contributed by atoms with Crippen LogP contribution in [-0.2, 0) is 10.0 Å². The number of aryl methyl sites for hydroxylation is 1. The topological polar surface area (TPSA) is 68.7 Å². The molecule has 3 rings (SSSR count). The van der Waals surface area contributed by atoms with Crippen molar-refractivity contribution in [2.75, 3.05) is 20.2 Å². The van der Waals surface area contributed by atoms with Crippen molar-refractivity contribution in [3.8, 4) is 11.5 Å². The van der Waals surface area contributed by atoms with Gasteiger partial charge in [0.1, 0.15) is 22.5 Å². The van der Waals surface area contributed by atoms with Gasteiger partial charge >= 0.3 is 0 Å². The highest BCUT2D eigenvalue weighted by Gasteiger charge is 2.32. The lowest BCUT2D eigenvalue weighted by Gasteiger charge is -2.31. The lowest BCUT2D eigenvalue weighted by atomic mass is 10.1. The highest BCUT2D eigenvalue weighted by Crippen LogP contribution is 2.29. The Hall–Kier alpha value is -2.12. The van der Waals surface area contributed by atoms with E-state index in [2.05, 4.69) is 4.98 Å². The molecule has 0 radical (unpaired) electrons. The van der Waals surface area contributed by atoms with E-state index in [1.165, 1.54) is 11.4 Å². The van der Waals surface area contributed by atoms with Crippen molar-refractivity contribution in [3.63, 3.8) is 0 Å². The molecule has 0 bridgehead atoms. The predicted octanol–water partition coefficient (Wildman–Crippen LogP) is 2.63. The number of rotatable bonds is 5. The molecule has 1 aromatic heterocycles. The second-order valence-corrected chi connectivity index (χ2v) is 7.91. The SMILES string of the molecule is COc1ccccc1S(=O)(=O)N1CCC(Oc2ccc(C)nc2)CC1. The molecular weight excluding hydrogens is 340 g/mol. The van der Waals surface area contributed by atoms with Crippen molar-refractivity contribution >= 4 is 10.0 Å². The molecule has 0 unspecified atom stereocenters. The van der Waals surface area contributed by atoms with Gasteiger partial charge in [-0.15, -0.1) is 0 Å². The van der Waals surface area contributed by atoms with Crippen LogP contribution in [0.1, 0.15) is 18.5 Å². The summed E-state index contributed by atoms with van der Waals surface area (Å²) in [6.07, 6.45) is 2.98. The van der Waals surface area contributed by atoms with Crippen LogP contribution in [0.15, 0.2) is 47.5 Å². The first-order valence-corrected chi connectivity index (χ1v) is 9.67. The fourth-order valence-corrected chi connectivity index (χ4v) is 4.50. The maximum Gasteiger partial charge on any atom is 0.246 e. The van der Waals surface area contributed by atoms with Crippen LogP contribution in [-0.4, -0.2) is 44.0 Å². The number of hydrogen-bond acceptors (Lipinski definition) is 5. The first-order valence-electron chi connectivity index (χ1n) is 8.23. The second kappa shape index (κ2) is 7.41. The average Bonchev–Trinajstić information content (AvgIpc) is 2.64. The van der Waals surface area contributed by atoms with Gasteiger partial charge in [0.15, 0.2) is 0 Å². The molecule has 1 aliphatic rings. The van der Waals surface area contributed by atoms with Crippen molar-refractivity contribution in [1.82, 2.24) is 9.29 Å². The number of sulfonamides is 1. The van der Waals surface area contributed by atoms with Crippen molar-refractivity contribution < 1.29 is 17.9 Å². The van der Waals surface area contributed by atoms with Crippen LogP contribution in [0, 0.1) is 6.92 Å². The second-order valence-electron chi connectivity index (χ2n) is 6.01. The van der Waals surface area contributed by atoms with Gasteiger partial charge in [-0.2, -0.15) is 4.31 Å². The van der Waals surface area contributed by atoms with E-state index in [9.17, 15) is 8.42 Å². The highest BCUT2D eigenvalue weighted by atomic mass is 32.2. The Bertz CT molecular complexity index is 813. The standard InChI is InChI=1S/C18H22N2O4S/c1-14-7-8-16(13-19-14)24-15-9-11-20(12-10-15)25(21,22)18-6-4-3-5-17(18)23-2/h3-8,13,15H,9-12H2,1-2H3. The number of aromatic nitrogens is 1. The molecule has 6 nitrogen and oxygen atoms in total. The lowest BCUT2D eigenvalue weighted by Crippen LogP contribution is -2.41. The Balaban J connectivity index is 1.66. The molecule has 7 heteroatoms. The zero-order chi connectivity index (χ0) is 17.9. The van der Waals surface area contributed by atoms with Crippen LogP contribution < -0.4 is 9.47 Å². The van der Waals surface area contributed by atoms with Crippen LogP contribution in [0.2, 0.25) is 0 Å². The Morgan fingerprint density at radius 2 is 1.84 bits per heavy atom. The molecule has 0 N–H and O–H groups in total. The van der Waals surface area contributed by atoms with E-state index in [1.54, 1.807) is 30.5 Å². The number of ether oxygens (including phenoxy) is 2. The molecule has 0 amide bonds. The summed E-state index contributed by atoms with van der Waals surface area (Å²) in [7, 11) is -2.09. The van der Waals surface area contributed by atoms with Gasteiger partial charge in [0, 0.05) is 18.8 Å². The van der Waals surface area contributed by atoms with Gasteiger partial charge in [0.05, 0.1) is 13.3 Å². The minimum absolute atomic E-state index is 0.00590. The number of methoxy groups -OCH3 is 1. The minimum Gasteiger partial charge on any atom is -0.495 e. The van der Waals surface area contributed by atoms with Gasteiger partial charge in [0.2, 0.25) is 10.0 Å². The fourth-order valence-electron chi connectivity index (χ4n) is 2.88. The van der Waals surface area contributed by atoms with Crippen LogP contribution >= 0.6 is 0 Å². The summed E-state index contributed by atoms with van der Waals surface area (Å²) in [6.45, 7) is 2.76. The number of hydrogen-bond donors (Lipinski definition) is 0. The third kappa shape index (κ3) is 3.93. The minimum atomic E-state index is -3.57. The molecule has 1 fully saturated rings. The molecular formula is C18H22N2O4S. The van der Waals surface area contributed by atoms with E-state index < -0.39 is 10.0 Å². The normalized spacial score (nSPS) is 16.6. The third-order valence-electron chi connectivity index (χ3n) is 4.27. The summed E-state index contributed by atoms with van der Waals surface area (Å²) in [4.78, 5) is 4.42. The van der Waals surface area contributed by atoms with E-state index in [4.69, 9.17) is 9.47 Å². The zero-order valence-electron chi connectivity index (χ0n) is 14.4. The number of benzene rings is 1. The molecule has 2 aromatic rings. The molecule has 1 saturated heterocycles. The summed E-state index contributed by atoms with van der Waals surface area (Å²) in [5, 5.41) is 0. The largest absolute Gasteiger partial charge is 0.495 e. The number of pyridine rings is 1. The predicted molar refractivity (Wildman–Crippen MR) is 94.4 cm³/mol. The van der Waals surface area contributed by atoms with Crippen molar-refractivity contribution in [3.05, 3.63) is 48.3 Å². The molecule has 1 aliphatic heterocycles. The molecule has 0 aliphatic carbocycles. The van der Waals surface area contributed by atoms with Gasteiger partial charge < -0.3 is 9.47 Å². The molecule has 0 saturated carbocycles. The van der Waals surface area contributed by atoms with Crippen LogP contribution in [0.5, 0.6) is 11.5 Å². The molecule has 1 aromatic carbocycles.